The molecule has 0 unspecified atom stereocenters. The van der Waals surface area contributed by atoms with Gasteiger partial charge in [0.2, 0.25) is 0 Å². The highest BCUT2D eigenvalue weighted by Gasteiger charge is 2.14. The van der Waals surface area contributed by atoms with Gasteiger partial charge in [-0.2, -0.15) is 9.78 Å². The van der Waals surface area contributed by atoms with E-state index in [1.54, 1.807) is 18.5 Å². The number of thiophene rings is 1. The number of aromatic nitrogens is 4. The van der Waals surface area contributed by atoms with Crippen molar-refractivity contribution in [2.75, 3.05) is 0 Å². The van der Waals surface area contributed by atoms with E-state index in [-0.39, 0.29) is 5.56 Å². The molecule has 4 aromatic heterocycles. The van der Waals surface area contributed by atoms with Crippen molar-refractivity contribution < 1.29 is 4.42 Å². The third kappa shape index (κ3) is 2.72. The highest BCUT2D eigenvalue weighted by Crippen LogP contribution is 2.30. The molecule has 1 aromatic carbocycles. The Bertz CT molecular complexity index is 1350. The van der Waals surface area contributed by atoms with Crippen molar-refractivity contribution in [3.05, 3.63) is 76.6 Å². The van der Waals surface area contributed by atoms with E-state index >= 15 is 0 Å². The second-order valence-corrected chi connectivity index (χ2v) is 6.59. The van der Waals surface area contributed by atoms with Crippen LogP contribution in [0.3, 0.4) is 0 Å². The van der Waals surface area contributed by atoms with Crippen molar-refractivity contribution in [2.45, 2.75) is 0 Å². The number of furan rings is 1. The molecule has 0 radical (unpaired) electrons. The predicted molar refractivity (Wildman–Crippen MR) is 104 cm³/mol. The van der Waals surface area contributed by atoms with Gasteiger partial charge >= 0.3 is 0 Å². The molecule has 27 heavy (non-hydrogen) atoms. The number of hydrogen-bond donors (Lipinski definition) is 0. The molecule has 0 N–H and O–H groups in total. The molecular weight excluding hydrogens is 362 g/mol. The molecule has 130 valence electrons. The van der Waals surface area contributed by atoms with Gasteiger partial charge in [-0.1, -0.05) is 12.1 Å². The van der Waals surface area contributed by atoms with Crippen LogP contribution in [-0.2, 0) is 0 Å². The zero-order valence-corrected chi connectivity index (χ0v) is 14.6. The molecule has 8 heteroatoms. The van der Waals surface area contributed by atoms with E-state index in [4.69, 9.17) is 4.42 Å². The van der Waals surface area contributed by atoms with Gasteiger partial charge in [0.05, 0.1) is 35.1 Å². The van der Waals surface area contributed by atoms with E-state index in [9.17, 15) is 4.79 Å². The SMILES string of the molecule is O=c1c2c(-c3ccco3)csc2ncn1/N=C\c1cnc2ccccc2n1. The average molecular weight is 373 g/mol. The van der Waals surface area contributed by atoms with Crippen LogP contribution >= 0.6 is 11.3 Å². The minimum Gasteiger partial charge on any atom is -0.464 e. The topological polar surface area (TPSA) is 86.2 Å². The van der Waals surface area contributed by atoms with Crippen molar-refractivity contribution in [1.82, 2.24) is 19.6 Å². The fourth-order valence-corrected chi connectivity index (χ4v) is 3.66. The van der Waals surface area contributed by atoms with E-state index in [0.717, 1.165) is 11.0 Å². The molecule has 0 saturated carbocycles. The third-order valence-corrected chi connectivity index (χ3v) is 4.93. The Morgan fingerprint density at radius 3 is 2.85 bits per heavy atom. The summed E-state index contributed by atoms with van der Waals surface area (Å²) in [6.45, 7) is 0. The Kier molecular flexibility index (Phi) is 3.61. The number of para-hydroxylation sites is 2. The van der Waals surface area contributed by atoms with E-state index in [1.807, 2.05) is 35.7 Å². The molecule has 4 heterocycles. The zero-order valence-electron chi connectivity index (χ0n) is 13.8. The third-order valence-electron chi connectivity index (χ3n) is 4.05. The van der Waals surface area contributed by atoms with Gasteiger partial charge in [0, 0.05) is 10.9 Å². The normalized spacial score (nSPS) is 11.7. The standard InChI is InChI=1S/C19H11N5O2S/c25-19-17-13(16-6-3-7-26-16)10-27-18(17)21-11-24(19)22-9-12-8-20-14-4-1-2-5-15(14)23-12/h1-11H/b22-9-. The van der Waals surface area contributed by atoms with Crippen molar-refractivity contribution in [1.29, 1.82) is 0 Å². The van der Waals surface area contributed by atoms with E-state index in [2.05, 4.69) is 20.1 Å². The Morgan fingerprint density at radius 2 is 2.00 bits per heavy atom. The summed E-state index contributed by atoms with van der Waals surface area (Å²) in [6, 6.07) is 11.2. The summed E-state index contributed by atoms with van der Waals surface area (Å²) >= 11 is 1.39. The van der Waals surface area contributed by atoms with Crippen LogP contribution in [0.4, 0.5) is 0 Å². The number of hydrogen-bond acceptors (Lipinski definition) is 7. The summed E-state index contributed by atoms with van der Waals surface area (Å²) in [7, 11) is 0. The van der Waals surface area contributed by atoms with Gasteiger partial charge in [0.25, 0.3) is 5.56 Å². The number of fused-ring (bicyclic) bond motifs is 2. The first-order valence-corrected chi connectivity index (χ1v) is 8.96. The Balaban J connectivity index is 1.58. The van der Waals surface area contributed by atoms with Crippen LogP contribution < -0.4 is 5.56 Å². The number of benzene rings is 1. The lowest BCUT2D eigenvalue weighted by Crippen LogP contribution is -2.16. The van der Waals surface area contributed by atoms with E-state index < -0.39 is 0 Å². The lowest BCUT2D eigenvalue weighted by Gasteiger charge is -2.00. The first-order chi connectivity index (χ1) is 13.3. The van der Waals surface area contributed by atoms with Gasteiger partial charge in [-0.25, -0.2) is 9.97 Å². The monoisotopic (exact) mass is 373 g/mol. The maximum atomic E-state index is 12.9. The van der Waals surface area contributed by atoms with Crippen LogP contribution in [0.25, 0.3) is 32.6 Å². The smallest absolute Gasteiger partial charge is 0.283 e. The lowest BCUT2D eigenvalue weighted by molar-refractivity contribution is 0.583. The number of nitrogens with zero attached hydrogens (tertiary/aromatic N) is 5. The highest BCUT2D eigenvalue weighted by molar-refractivity contribution is 7.17. The fraction of sp³-hybridized carbons (Fsp3) is 0. The first-order valence-electron chi connectivity index (χ1n) is 8.08. The van der Waals surface area contributed by atoms with Crippen molar-refractivity contribution >= 4 is 38.8 Å². The molecular formula is C19H11N5O2S. The summed E-state index contributed by atoms with van der Waals surface area (Å²) in [5, 5.41) is 6.57. The Labute approximate surface area is 156 Å². The maximum Gasteiger partial charge on any atom is 0.283 e. The molecule has 0 bridgehead atoms. The number of rotatable bonds is 3. The Hall–Kier alpha value is -3.65. The minimum atomic E-state index is -0.266. The van der Waals surface area contributed by atoms with Crippen molar-refractivity contribution in [2.24, 2.45) is 5.10 Å². The van der Waals surface area contributed by atoms with E-state index in [0.29, 0.717) is 27.2 Å². The molecule has 5 aromatic rings. The highest BCUT2D eigenvalue weighted by atomic mass is 32.1. The molecule has 0 atom stereocenters. The molecule has 0 aliphatic carbocycles. The van der Waals surface area contributed by atoms with Gasteiger partial charge in [-0.3, -0.25) is 9.78 Å². The molecule has 0 aliphatic heterocycles. The molecule has 0 aliphatic rings. The van der Waals surface area contributed by atoms with Gasteiger partial charge < -0.3 is 4.42 Å². The molecule has 5 rings (SSSR count). The molecule has 0 amide bonds. The maximum absolute atomic E-state index is 12.9. The summed E-state index contributed by atoms with van der Waals surface area (Å²) in [4.78, 5) is 26.7. The van der Waals surface area contributed by atoms with Crippen molar-refractivity contribution in [3.63, 3.8) is 0 Å². The van der Waals surface area contributed by atoms with Gasteiger partial charge in [-0.05, 0) is 24.3 Å². The van der Waals surface area contributed by atoms with Crippen LogP contribution in [0.2, 0.25) is 0 Å². The average Bonchev–Trinajstić information content (AvgIpc) is 3.37. The first kappa shape index (κ1) is 15.6. The largest absolute Gasteiger partial charge is 0.464 e. The molecule has 0 fully saturated rings. The van der Waals surface area contributed by atoms with Crippen LogP contribution in [0, 0.1) is 0 Å². The quantitative estimate of drug-likeness (QED) is 0.452. The second-order valence-electron chi connectivity index (χ2n) is 5.73. The fourth-order valence-electron chi connectivity index (χ4n) is 2.77. The van der Waals surface area contributed by atoms with Crippen LogP contribution in [0.1, 0.15) is 5.69 Å². The van der Waals surface area contributed by atoms with Gasteiger partial charge in [0.1, 0.15) is 22.6 Å². The van der Waals surface area contributed by atoms with Crippen LogP contribution in [-0.4, -0.2) is 25.8 Å². The molecule has 0 spiro atoms. The van der Waals surface area contributed by atoms with Crippen molar-refractivity contribution in [3.8, 4) is 11.3 Å². The second kappa shape index (κ2) is 6.26. The summed E-state index contributed by atoms with van der Waals surface area (Å²) in [5.41, 5.74) is 2.57. The lowest BCUT2D eigenvalue weighted by atomic mass is 10.2. The van der Waals surface area contributed by atoms with Crippen LogP contribution in [0.15, 0.2) is 74.9 Å². The summed E-state index contributed by atoms with van der Waals surface area (Å²) in [5.74, 6) is 0.627. The van der Waals surface area contributed by atoms with Gasteiger partial charge in [0.15, 0.2) is 0 Å². The molecule has 7 nitrogen and oxygen atoms in total. The van der Waals surface area contributed by atoms with E-state index in [1.165, 1.54) is 28.6 Å². The summed E-state index contributed by atoms with van der Waals surface area (Å²) in [6.07, 6.45) is 6.08. The molecule has 0 saturated heterocycles. The van der Waals surface area contributed by atoms with Gasteiger partial charge in [-0.15, -0.1) is 11.3 Å². The Morgan fingerprint density at radius 1 is 1.11 bits per heavy atom. The van der Waals surface area contributed by atoms with Crippen LogP contribution in [0.5, 0.6) is 0 Å². The minimum absolute atomic E-state index is 0.266. The predicted octanol–water partition coefficient (Wildman–Crippen LogP) is 3.54. The summed E-state index contributed by atoms with van der Waals surface area (Å²) < 4.78 is 6.62. The zero-order chi connectivity index (χ0) is 18.2.